The summed E-state index contributed by atoms with van der Waals surface area (Å²) in [5, 5.41) is 3.52. The highest BCUT2D eigenvalue weighted by Crippen LogP contribution is 2.31. The van der Waals surface area contributed by atoms with Crippen molar-refractivity contribution in [2.24, 2.45) is 5.11 Å². The molecule has 0 unspecified atom stereocenters. The molecule has 184 valence electrons. The van der Waals surface area contributed by atoms with Crippen LogP contribution in [-0.2, 0) is 14.3 Å². The minimum Gasteiger partial charge on any atom is -0.463 e. The SMILES string of the molecule is Cc1cn([C@H]2C[C@H](F)[C@@H](COC(=O)CCCCCCCCCCCN=[N+]=[N-])O2)c(=S)[nH]c1=O. The van der Waals surface area contributed by atoms with Crippen LogP contribution >= 0.6 is 12.2 Å². The number of hydrogen-bond donors (Lipinski definition) is 1. The lowest BCUT2D eigenvalue weighted by Crippen LogP contribution is -2.25. The van der Waals surface area contributed by atoms with Crippen molar-refractivity contribution in [2.75, 3.05) is 13.2 Å². The number of hydrogen-bond acceptors (Lipinski definition) is 6. The van der Waals surface area contributed by atoms with E-state index in [9.17, 15) is 14.0 Å². The average Bonchev–Trinajstić information content (AvgIpc) is 3.15. The number of alkyl halides is 1. The Bertz CT molecular complexity index is 915. The summed E-state index contributed by atoms with van der Waals surface area (Å²) in [5.74, 6) is -0.342. The number of ether oxygens (including phenoxy) is 2. The Labute approximate surface area is 198 Å². The third kappa shape index (κ3) is 9.65. The minimum absolute atomic E-state index is 0.0792. The lowest BCUT2D eigenvalue weighted by molar-refractivity contribution is -0.149. The zero-order chi connectivity index (χ0) is 24.1. The first kappa shape index (κ1) is 27.0. The van der Waals surface area contributed by atoms with Gasteiger partial charge in [0.15, 0.2) is 4.77 Å². The highest BCUT2D eigenvalue weighted by molar-refractivity contribution is 7.71. The topological polar surface area (TPSA) is 122 Å². The fourth-order valence-electron chi connectivity index (χ4n) is 3.79. The standard InChI is InChI=1S/C22H34FN5O4S/c1-16-14-28(22(33)26-21(16)30)19-13-17(23)18(32-19)15-31-20(29)11-9-7-5-3-2-4-6-8-10-12-25-27-24/h14,17-19H,2-13,15H2,1H3,(H,26,30,33)/t17-,18+,19+/m0/s1. The van der Waals surface area contributed by atoms with Crippen molar-refractivity contribution >= 4 is 18.2 Å². The highest BCUT2D eigenvalue weighted by atomic mass is 32.1. The Balaban J connectivity index is 1.55. The number of esters is 1. The molecule has 1 aliphatic rings. The number of rotatable bonds is 15. The number of halogens is 1. The predicted molar refractivity (Wildman–Crippen MR) is 125 cm³/mol. The van der Waals surface area contributed by atoms with E-state index in [1.807, 2.05) is 0 Å². The minimum atomic E-state index is -1.28. The van der Waals surface area contributed by atoms with Gasteiger partial charge >= 0.3 is 5.97 Å². The Morgan fingerprint density at radius 1 is 1.27 bits per heavy atom. The molecule has 0 aliphatic carbocycles. The van der Waals surface area contributed by atoms with Gasteiger partial charge in [-0.2, -0.15) is 0 Å². The summed E-state index contributed by atoms with van der Waals surface area (Å²) in [6.45, 7) is 2.09. The van der Waals surface area contributed by atoms with Crippen LogP contribution in [0.3, 0.4) is 0 Å². The van der Waals surface area contributed by atoms with Gasteiger partial charge in [0.05, 0.1) is 0 Å². The summed E-state index contributed by atoms with van der Waals surface area (Å²) in [6.07, 6.45) is 8.65. The van der Waals surface area contributed by atoms with Crippen molar-refractivity contribution < 1.29 is 18.7 Å². The van der Waals surface area contributed by atoms with Crippen molar-refractivity contribution in [3.8, 4) is 0 Å². The van der Waals surface area contributed by atoms with Crippen LogP contribution in [0, 0.1) is 11.7 Å². The second kappa shape index (κ2) is 14.8. The number of azide groups is 1. The summed E-state index contributed by atoms with van der Waals surface area (Å²) in [4.78, 5) is 28.9. The van der Waals surface area contributed by atoms with Gasteiger partial charge in [0.1, 0.15) is 25.1 Å². The molecule has 1 fully saturated rings. The van der Waals surface area contributed by atoms with Crippen LogP contribution in [0.15, 0.2) is 16.1 Å². The Kier molecular flexibility index (Phi) is 12.1. The van der Waals surface area contributed by atoms with Gasteiger partial charge in [-0.15, -0.1) is 0 Å². The molecule has 0 amide bonds. The van der Waals surface area contributed by atoms with E-state index in [0.29, 0.717) is 18.5 Å². The van der Waals surface area contributed by atoms with Crippen LogP contribution < -0.4 is 5.56 Å². The zero-order valence-corrected chi connectivity index (χ0v) is 20.0. The maximum absolute atomic E-state index is 14.4. The van der Waals surface area contributed by atoms with E-state index in [1.165, 1.54) is 17.4 Å². The van der Waals surface area contributed by atoms with E-state index in [-0.39, 0.29) is 29.3 Å². The molecule has 2 heterocycles. The van der Waals surface area contributed by atoms with Crippen LogP contribution in [0.5, 0.6) is 0 Å². The molecule has 11 heteroatoms. The predicted octanol–water partition coefficient (Wildman–Crippen LogP) is 5.59. The Morgan fingerprint density at radius 3 is 2.58 bits per heavy atom. The molecule has 1 aromatic heterocycles. The average molecular weight is 484 g/mol. The van der Waals surface area contributed by atoms with Gasteiger partial charge in [-0.25, -0.2) is 4.39 Å². The number of aromatic amines is 1. The lowest BCUT2D eigenvalue weighted by Gasteiger charge is -2.17. The number of carbonyl (C=O) groups is 1. The monoisotopic (exact) mass is 483 g/mol. The van der Waals surface area contributed by atoms with Gasteiger partial charge in [-0.3, -0.25) is 19.1 Å². The molecule has 2 rings (SSSR count). The molecule has 1 N–H and O–H groups in total. The number of aromatic nitrogens is 2. The largest absolute Gasteiger partial charge is 0.463 e. The Hall–Kier alpha value is -2.23. The van der Waals surface area contributed by atoms with Crippen molar-refractivity contribution in [2.45, 2.75) is 96.1 Å². The molecule has 1 aromatic rings. The molecule has 3 atom stereocenters. The van der Waals surface area contributed by atoms with E-state index in [4.69, 9.17) is 27.2 Å². The summed E-state index contributed by atoms with van der Waals surface area (Å²) in [7, 11) is 0. The smallest absolute Gasteiger partial charge is 0.305 e. The van der Waals surface area contributed by atoms with Crippen LogP contribution in [0.1, 0.15) is 82.4 Å². The fraction of sp³-hybridized carbons (Fsp3) is 0.773. The number of unbranched alkanes of at least 4 members (excludes halogenated alkanes) is 8. The van der Waals surface area contributed by atoms with E-state index < -0.39 is 18.5 Å². The van der Waals surface area contributed by atoms with Gasteiger partial charge in [-0.05, 0) is 37.5 Å². The third-order valence-electron chi connectivity index (χ3n) is 5.73. The molecule has 0 spiro atoms. The van der Waals surface area contributed by atoms with Crippen molar-refractivity contribution in [1.29, 1.82) is 0 Å². The highest BCUT2D eigenvalue weighted by Gasteiger charge is 2.37. The molecular weight excluding hydrogens is 449 g/mol. The van der Waals surface area contributed by atoms with E-state index >= 15 is 0 Å². The number of nitrogens with one attached hydrogen (secondary N) is 1. The van der Waals surface area contributed by atoms with Crippen molar-refractivity contribution in [1.82, 2.24) is 9.55 Å². The number of carbonyl (C=O) groups excluding carboxylic acids is 1. The van der Waals surface area contributed by atoms with E-state index in [2.05, 4.69) is 15.0 Å². The van der Waals surface area contributed by atoms with Gasteiger partial charge in [0.2, 0.25) is 0 Å². The second-order valence-corrected chi connectivity index (χ2v) is 8.82. The van der Waals surface area contributed by atoms with Crippen LogP contribution in [0.4, 0.5) is 4.39 Å². The van der Waals surface area contributed by atoms with Crippen LogP contribution in [-0.4, -0.2) is 40.9 Å². The molecule has 33 heavy (non-hydrogen) atoms. The van der Waals surface area contributed by atoms with Crippen molar-refractivity contribution in [3.05, 3.63) is 37.3 Å². The van der Waals surface area contributed by atoms with E-state index in [0.717, 1.165) is 44.9 Å². The van der Waals surface area contributed by atoms with E-state index in [1.54, 1.807) is 13.1 Å². The van der Waals surface area contributed by atoms with Gasteiger partial charge in [-0.1, -0.05) is 50.1 Å². The summed E-state index contributed by atoms with van der Waals surface area (Å²) < 4.78 is 27.0. The fourth-order valence-corrected chi connectivity index (χ4v) is 4.05. The first-order valence-electron chi connectivity index (χ1n) is 11.7. The molecule has 0 radical (unpaired) electrons. The summed E-state index contributed by atoms with van der Waals surface area (Å²) in [5.41, 5.74) is 8.38. The normalized spacial score (nSPS) is 19.9. The first-order chi connectivity index (χ1) is 15.9. The van der Waals surface area contributed by atoms with Gasteiger partial charge in [0, 0.05) is 36.1 Å². The molecule has 9 nitrogen and oxygen atoms in total. The molecule has 1 aliphatic heterocycles. The zero-order valence-electron chi connectivity index (χ0n) is 19.2. The molecule has 0 aromatic carbocycles. The van der Waals surface area contributed by atoms with Crippen molar-refractivity contribution in [3.63, 3.8) is 0 Å². The van der Waals surface area contributed by atoms with Crippen LogP contribution in [0.25, 0.3) is 10.4 Å². The number of aryl methyl sites for hydroxylation is 1. The number of H-pyrrole nitrogens is 1. The maximum atomic E-state index is 14.4. The molecule has 1 saturated heterocycles. The Morgan fingerprint density at radius 2 is 1.91 bits per heavy atom. The maximum Gasteiger partial charge on any atom is 0.305 e. The summed E-state index contributed by atoms with van der Waals surface area (Å²) in [6, 6.07) is 0. The van der Waals surface area contributed by atoms with Gasteiger partial charge < -0.3 is 9.47 Å². The molecule has 0 bridgehead atoms. The lowest BCUT2D eigenvalue weighted by atomic mass is 10.1. The third-order valence-corrected chi connectivity index (χ3v) is 6.04. The second-order valence-electron chi connectivity index (χ2n) is 8.43. The van der Waals surface area contributed by atoms with Gasteiger partial charge in [0.25, 0.3) is 5.56 Å². The van der Waals surface area contributed by atoms with Crippen LogP contribution in [0.2, 0.25) is 0 Å². The molecule has 0 saturated carbocycles. The molecular formula is C22H34FN5O4S. The number of nitrogens with zero attached hydrogens (tertiary/aromatic N) is 4. The first-order valence-corrected chi connectivity index (χ1v) is 12.1. The summed E-state index contributed by atoms with van der Waals surface area (Å²) >= 11 is 5.14. The quantitative estimate of drug-likeness (QED) is 0.0869.